The summed E-state index contributed by atoms with van der Waals surface area (Å²) >= 11 is 0. The number of benzene rings is 2. The number of hydrazone groups is 1. The first-order chi connectivity index (χ1) is 15.6. The molecule has 0 amide bonds. The SMILES string of the molecule is CCOc1cccc2c1O[C@H](c1ccc(OC)c(OC)c1)N1N=C(c3ccc(C)o3)C[C@@H]21. The monoisotopic (exact) mass is 434 g/mol. The predicted octanol–water partition coefficient (Wildman–Crippen LogP) is 5.25. The third-order valence-electron chi connectivity index (χ3n) is 5.80. The molecule has 32 heavy (non-hydrogen) atoms. The summed E-state index contributed by atoms with van der Waals surface area (Å²) in [6.07, 6.45) is 0.255. The molecule has 2 atom stereocenters. The number of ether oxygens (including phenoxy) is 4. The molecule has 3 aromatic rings. The first-order valence-corrected chi connectivity index (χ1v) is 10.7. The maximum Gasteiger partial charge on any atom is 0.214 e. The van der Waals surface area contributed by atoms with Crippen molar-refractivity contribution in [2.75, 3.05) is 20.8 Å². The number of aryl methyl sites for hydroxylation is 1. The molecule has 0 bridgehead atoms. The molecular weight excluding hydrogens is 408 g/mol. The van der Waals surface area contributed by atoms with Gasteiger partial charge in [-0.25, -0.2) is 5.01 Å². The molecule has 0 unspecified atom stereocenters. The Morgan fingerprint density at radius 2 is 1.88 bits per heavy atom. The molecule has 7 nitrogen and oxygen atoms in total. The topological polar surface area (TPSA) is 65.7 Å². The quantitative estimate of drug-likeness (QED) is 0.528. The number of rotatable bonds is 6. The van der Waals surface area contributed by atoms with E-state index in [0.717, 1.165) is 39.9 Å². The summed E-state index contributed by atoms with van der Waals surface area (Å²) < 4.78 is 29.2. The van der Waals surface area contributed by atoms with Gasteiger partial charge in [0.1, 0.15) is 17.2 Å². The van der Waals surface area contributed by atoms with Crippen LogP contribution < -0.4 is 18.9 Å². The number of methoxy groups -OCH3 is 2. The summed E-state index contributed by atoms with van der Waals surface area (Å²) in [5, 5.41) is 6.95. The molecule has 0 fully saturated rings. The molecular formula is C25H26N2O5. The molecule has 1 aromatic heterocycles. The number of fused-ring (bicyclic) bond motifs is 3. The summed E-state index contributed by atoms with van der Waals surface area (Å²) in [5.41, 5.74) is 2.85. The van der Waals surface area contributed by atoms with Crippen LogP contribution in [0.2, 0.25) is 0 Å². The minimum Gasteiger partial charge on any atom is -0.493 e. The number of hydrogen-bond acceptors (Lipinski definition) is 7. The van der Waals surface area contributed by atoms with E-state index in [9.17, 15) is 0 Å². The number of para-hydroxylation sites is 1. The summed E-state index contributed by atoms with van der Waals surface area (Å²) in [4.78, 5) is 0. The molecule has 3 heterocycles. The van der Waals surface area contributed by atoms with Gasteiger partial charge in [0.05, 0.1) is 26.9 Å². The van der Waals surface area contributed by atoms with Crippen LogP contribution in [-0.4, -0.2) is 31.5 Å². The summed E-state index contributed by atoms with van der Waals surface area (Å²) in [5.74, 6) is 4.43. The lowest BCUT2D eigenvalue weighted by Gasteiger charge is -2.38. The molecule has 0 saturated heterocycles. The van der Waals surface area contributed by atoms with Gasteiger partial charge >= 0.3 is 0 Å². The van der Waals surface area contributed by atoms with Crippen molar-refractivity contribution in [1.29, 1.82) is 0 Å². The van der Waals surface area contributed by atoms with Crippen LogP contribution in [0.4, 0.5) is 0 Å². The average molecular weight is 434 g/mol. The Kier molecular flexibility index (Phi) is 5.17. The van der Waals surface area contributed by atoms with Crippen LogP contribution in [0, 0.1) is 6.92 Å². The van der Waals surface area contributed by atoms with Gasteiger partial charge in [-0.3, -0.25) is 0 Å². The molecule has 0 spiro atoms. The van der Waals surface area contributed by atoms with Crippen LogP contribution in [0.25, 0.3) is 0 Å². The Bertz CT molecular complexity index is 1170. The second kappa shape index (κ2) is 8.15. The van der Waals surface area contributed by atoms with E-state index in [0.29, 0.717) is 24.5 Å². The van der Waals surface area contributed by atoms with Crippen molar-refractivity contribution in [1.82, 2.24) is 5.01 Å². The third kappa shape index (κ3) is 3.34. The van der Waals surface area contributed by atoms with E-state index in [4.69, 9.17) is 28.5 Å². The lowest BCUT2D eigenvalue weighted by molar-refractivity contribution is -0.0213. The largest absolute Gasteiger partial charge is 0.493 e. The summed E-state index contributed by atoms with van der Waals surface area (Å²) in [6.45, 7) is 4.46. The fraction of sp³-hybridized carbons (Fsp3) is 0.320. The third-order valence-corrected chi connectivity index (χ3v) is 5.80. The van der Waals surface area contributed by atoms with E-state index in [1.807, 2.05) is 61.3 Å². The second-order valence-corrected chi connectivity index (χ2v) is 7.75. The van der Waals surface area contributed by atoms with Crippen LogP contribution in [0.5, 0.6) is 23.0 Å². The van der Waals surface area contributed by atoms with E-state index < -0.39 is 6.23 Å². The van der Waals surface area contributed by atoms with Crippen molar-refractivity contribution < 1.29 is 23.4 Å². The molecule has 0 saturated carbocycles. The van der Waals surface area contributed by atoms with Crippen molar-refractivity contribution in [2.45, 2.75) is 32.5 Å². The van der Waals surface area contributed by atoms with E-state index in [1.165, 1.54) is 0 Å². The molecule has 7 heteroatoms. The maximum absolute atomic E-state index is 6.54. The lowest BCUT2D eigenvalue weighted by Crippen LogP contribution is -2.34. The van der Waals surface area contributed by atoms with Crippen LogP contribution in [-0.2, 0) is 0 Å². The fourth-order valence-corrected chi connectivity index (χ4v) is 4.32. The van der Waals surface area contributed by atoms with E-state index in [-0.39, 0.29) is 6.04 Å². The molecule has 0 radical (unpaired) electrons. The van der Waals surface area contributed by atoms with Gasteiger partial charge in [-0.05, 0) is 50.2 Å². The van der Waals surface area contributed by atoms with E-state index in [2.05, 4.69) is 6.07 Å². The van der Waals surface area contributed by atoms with Gasteiger partial charge < -0.3 is 23.4 Å². The minimum atomic E-state index is -0.456. The Morgan fingerprint density at radius 3 is 2.59 bits per heavy atom. The van der Waals surface area contributed by atoms with Crippen LogP contribution >= 0.6 is 0 Å². The molecule has 5 rings (SSSR count). The number of hydrogen-bond donors (Lipinski definition) is 0. The molecule has 2 aromatic carbocycles. The van der Waals surface area contributed by atoms with Gasteiger partial charge in [0.25, 0.3) is 0 Å². The summed E-state index contributed by atoms with van der Waals surface area (Å²) in [7, 11) is 3.25. The van der Waals surface area contributed by atoms with Gasteiger partial charge in [-0.1, -0.05) is 12.1 Å². The van der Waals surface area contributed by atoms with Gasteiger partial charge in [-0.15, -0.1) is 0 Å². The minimum absolute atomic E-state index is 0.00217. The highest BCUT2D eigenvalue weighted by Crippen LogP contribution is 2.51. The second-order valence-electron chi connectivity index (χ2n) is 7.75. The van der Waals surface area contributed by atoms with Gasteiger partial charge in [0, 0.05) is 17.5 Å². The Hall–Kier alpha value is -3.61. The normalized spacial score (nSPS) is 19.0. The van der Waals surface area contributed by atoms with Crippen molar-refractivity contribution in [2.24, 2.45) is 5.10 Å². The van der Waals surface area contributed by atoms with E-state index >= 15 is 0 Å². The summed E-state index contributed by atoms with van der Waals surface area (Å²) in [6, 6.07) is 15.7. The van der Waals surface area contributed by atoms with Crippen LogP contribution in [0.3, 0.4) is 0 Å². The van der Waals surface area contributed by atoms with Crippen molar-refractivity contribution >= 4 is 5.71 Å². The lowest BCUT2D eigenvalue weighted by atomic mass is 9.97. The zero-order valence-electron chi connectivity index (χ0n) is 18.6. The van der Waals surface area contributed by atoms with Crippen molar-refractivity contribution in [3.63, 3.8) is 0 Å². The Labute approximate surface area is 187 Å². The van der Waals surface area contributed by atoms with Gasteiger partial charge in [-0.2, -0.15) is 5.10 Å². The highest BCUT2D eigenvalue weighted by atomic mass is 16.5. The van der Waals surface area contributed by atoms with Crippen LogP contribution in [0.1, 0.15) is 48.3 Å². The zero-order chi connectivity index (χ0) is 22.2. The Balaban J connectivity index is 1.62. The molecule has 2 aliphatic heterocycles. The Morgan fingerprint density at radius 1 is 1.03 bits per heavy atom. The van der Waals surface area contributed by atoms with E-state index in [1.54, 1.807) is 14.2 Å². The fourth-order valence-electron chi connectivity index (χ4n) is 4.32. The van der Waals surface area contributed by atoms with Crippen LogP contribution in [0.15, 0.2) is 58.0 Å². The maximum atomic E-state index is 6.54. The molecule has 0 N–H and O–H groups in total. The first kappa shape index (κ1) is 20.3. The molecule has 0 aliphatic carbocycles. The van der Waals surface area contributed by atoms with Crippen molar-refractivity contribution in [3.05, 3.63) is 71.2 Å². The number of furan rings is 1. The molecule has 2 aliphatic rings. The zero-order valence-corrected chi connectivity index (χ0v) is 18.6. The van der Waals surface area contributed by atoms with Gasteiger partial charge in [0.15, 0.2) is 23.0 Å². The smallest absolute Gasteiger partial charge is 0.214 e. The predicted molar refractivity (Wildman–Crippen MR) is 120 cm³/mol. The highest BCUT2D eigenvalue weighted by molar-refractivity contribution is 5.99. The van der Waals surface area contributed by atoms with Crippen molar-refractivity contribution in [3.8, 4) is 23.0 Å². The molecule has 166 valence electrons. The highest BCUT2D eigenvalue weighted by Gasteiger charge is 2.43. The first-order valence-electron chi connectivity index (χ1n) is 10.7. The van der Waals surface area contributed by atoms with Gasteiger partial charge in [0.2, 0.25) is 6.23 Å². The standard InChI is InChI=1S/C25H26N2O5/c1-5-30-22-8-6-7-17-19-14-18(20-11-9-15(2)31-20)26-27(19)25(32-24(17)22)16-10-12-21(28-3)23(13-16)29-4/h6-13,19,25H,5,14H2,1-4H3/t19-,25+/m0/s1. The average Bonchev–Trinajstić information content (AvgIpc) is 3.45. The number of nitrogens with zero attached hydrogens (tertiary/aromatic N) is 2.